The van der Waals surface area contributed by atoms with Gasteiger partial charge in [-0.3, -0.25) is 9.69 Å². The number of thiophene rings is 1. The predicted octanol–water partition coefficient (Wildman–Crippen LogP) is -0.564. The zero-order valence-corrected chi connectivity index (χ0v) is 14.2. The molecule has 1 atom stereocenters. The summed E-state index contributed by atoms with van der Waals surface area (Å²) in [4.78, 5) is 14.2. The van der Waals surface area contributed by atoms with Crippen molar-refractivity contribution in [3.05, 3.63) is 17.5 Å². The van der Waals surface area contributed by atoms with E-state index in [1.54, 1.807) is 18.4 Å². The summed E-state index contributed by atoms with van der Waals surface area (Å²) in [5.41, 5.74) is 0. The Morgan fingerprint density at radius 3 is 2.82 bits per heavy atom. The van der Waals surface area contributed by atoms with Crippen LogP contribution in [-0.4, -0.2) is 64.5 Å². The van der Waals surface area contributed by atoms with Crippen molar-refractivity contribution in [2.24, 2.45) is 0 Å². The molecule has 22 heavy (non-hydrogen) atoms. The van der Waals surface area contributed by atoms with Crippen LogP contribution in [0.3, 0.4) is 0 Å². The molecular formula is C13H22N4O3S2. The number of nitrogens with zero attached hydrogens (tertiary/aromatic N) is 1. The van der Waals surface area contributed by atoms with Crippen LogP contribution in [0.2, 0.25) is 0 Å². The van der Waals surface area contributed by atoms with E-state index in [9.17, 15) is 13.2 Å². The third kappa shape index (κ3) is 5.03. The molecule has 2 heterocycles. The predicted molar refractivity (Wildman–Crippen MR) is 86.4 cm³/mol. The Hall–Kier alpha value is -1.00. The Balaban J connectivity index is 1.75. The van der Waals surface area contributed by atoms with Gasteiger partial charge in [0, 0.05) is 39.3 Å². The second kappa shape index (κ2) is 8.02. The molecule has 1 aromatic heterocycles. The summed E-state index contributed by atoms with van der Waals surface area (Å²) in [5, 5.41) is 7.73. The topological polar surface area (TPSA) is 90.5 Å². The minimum Gasteiger partial charge on any atom is -0.353 e. The van der Waals surface area contributed by atoms with Crippen LogP contribution in [0.15, 0.2) is 21.7 Å². The SMILES string of the molecule is CC(NS(=O)(=O)c1cccs1)C(=O)NCCN1CCNCC1. The highest BCUT2D eigenvalue weighted by molar-refractivity contribution is 7.91. The van der Waals surface area contributed by atoms with Gasteiger partial charge in [-0.1, -0.05) is 6.07 Å². The highest BCUT2D eigenvalue weighted by Gasteiger charge is 2.22. The fourth-order valence-electron chi connectivity index (χ4n) is 2.19. The molecule has 1 aliphatic heterocycles. The van der Waals surface area contributed by atoms with E-state index in [2.05, 4.69) is 20.3 Å². The molecule has 1 aliphatic rings. The number of nitrogens with one attached hydrogen (secondary N) is 3. The lowest BCUT2D eigenvalue weighted by Gasteiger charge is -2.27. The molecule has 3 N–H and O–H groups in total. The Kier molecular flexibility index (Phi) is 6.33. The number of piperazine rings is 1. The summed E-state index contributed by atoms with van der Waals surface area (Å²) in [6.07, 6.45) is 0. The van der Waals surface area contributed by atoms with Gasteiger partial charge in [0.2, 0.25) is 5.91 Å². The number of amides is 1. The number of hydrogen-bond acceptors (Lipinski definition) is 6. The quantitative estimate of drug-likeness (QED) is 0.615. The van der Waals surface area contributed by atoms with Crippen molar-refractivity contribution in [1.82, 2.24) is 20.3 Å². The number of sulfonamides is 1. The van der Waals surface area contributed by atoms with Crippen LogP contribution in [0.5, 0.6) is 0 Å². The fourth-order valence-corrected chi connectivity index (χ4v) is 4.40. The monoisotopic (exact) mass is 346 g/mol. The second-order valence-corrected chi connectivity index (χ2v) is 8.05. The van der Waals surface area contributed by atoms with Gasteiger partial charge in [0.25, 0.3) is 10.0 Å². The molecule has 1 fully saturated rings. The molecule has 9 heteroatoms. The zero-order chi connectivity index (χ0) is 16.0. The second-order valence-electron chi connectivity index (χ2n) is 5.16. The standard InChI is InChI=1S/C13H22N4O3S2/c1-11(16-22(19,20)12-3-2-10-21-12)13(18)15-6-9-17-7-4-14-5-8-17/h2-3,10-11,14,16H,4-9H2,1H3,(H,15,18). The normalized spacial score (nSPS) is 18.0. The first-order valence-corrected chi connectivity index (χ1v) is 9.62. The van der Waals surface area contributed by atoms with Crippen molar-refractivity contribution in [3.63, 3.8) is 0 Å². The molecule has 0 radical (unpaired) electrons. The first-order chi connectivity index (χ1) is 10.5. The summed E-state index contributed by atoms with van der Waals surface area (Å²) in [6.45, 7) is 6.70. The van der Waals surface area contributed by atoms with E-state index in [0.29, 0.717) is 6.54 Å². The van der Waals surface area contributed by atoms with E-state index in [4.69, 9.17) is 0 Å². The van der Waals surface area contributed by atoms with E-state index < -0.39 is 16.1 Å². The van der Waals surface area contributed by atoms with Crippen molar-refractivity contribution in [3.8, 4) is 0 Å². The molecule has 7 nitrogen and oxygen atoms in total. The number of carbonyl (C=O) groups is 1. The van der Waals surface area contributed by atoms with Crippen molar-refractivity contribution >= 4 is 27.3 Å². The van der Waals surface area contributed by atoms with E-state index in [0.717, 1.165) is 44.1 Å². The molecule has 1 amide bonds. The molecule has 0 bridgehead atoms. The van der Waals surface area contributed by atoms with Crippen molar-refractivity contribution in [2.75, 3.05) is 39.3 Å². The van der Waals surface area contributed by atoms with Gasteiger partial charge < -0.3 is 10.6 Å². The van der Waals surface area contributed by atoms with E-state index in [-0.39, 0.29) is 10.1 Å². The Morgan fingerprint density at radius 1 is 1.45 bits per heavy atom. The van der Waals surface area contributed by atoms with E-state index >= 15 is 0 Å². The first kappa shape index (κ1) is 17.4. The van der Waals surface area contributed by atoms with Crippen LogP contribution in [-0.2, 0) is 14.8 Å². The minimum atomic E-state index is -3.62. The summed E-state index contributed by atoms with van der Waals surface area (Å²) in [7, 11) is -3.62. The smallest absolute Gasteiger partial charge is 0.250 e. The average Bonchev–Trinajstić information content (AvgIpc) is 3.03. The molecular weight excluding hydrogens is 324 g/mol. The summed E-state index contributed by atoms with van der Waals surface area (Å²) >= 11 is 1.13. The van der Waals surface area contributed by atoms with Gasteiger partial charge >= 0.3 is 0 Å². The Labute approximate surface area is 135 Å². The van der Waals surface area contributed by atoms with Gasteiger partial charge in [-0.05, 0) is 18.4 Å². The van der Waals surface area contributed by atoms with E-state index in [1.807, 2.05) is 0 Å². The van der Waals surface area contributed by atoms with Crippen LogP contribution in [0.1, 0.15) is 6.92 Å². The molecule has 124 valence electrons. The van der Waals surface area contributed by atoms with Crippen molar-refractivity contribution < 1.29 is 13.2 Å². The third-order valence-electron chi connectivity index (χ3n) is 3.42. The lowest BCUT2D eigenvalue weighted by Crippen LogP contribution is -2.49. The summed E-state index contributed by atoms with van der Waals surface area (Å²) in [6, 6.07) is 2.38. The highest BCUT2D eigenvalue weighted by atomic mass is 32.2. The van der Waals surface area contributed by atoms with Gasteiger partial charge in [0.1, 0.15) is 4.21 Å². The first-order valence-electron chi connectivity index (χ1n) is 7.25. The number of hydrogen-bond donors (Lipinski definition) is 3. The van der Waals surface area contributed by atoms with Gasteiger partial charge in [0.05, 0.1) is 6.04 Å². The average molecular weight is 346 g/mol. The molecule has 2 rings (SSSR count). The molecule has 1 unspecified atom stereocenters. The Bertz CT molecular complexity index is 568. The largest absolute Gasteiger partial charge is 0.353 e. The molecule has 0 saturated carbocycles. The van der Waals surface area contributed by atoms with Gasteiger partial charge in [-0.15, -0.1) is 11.3 Å². The zero-order valence-electron chi connectivity index (χ0n) is 12.5. The minimum absolute atomic E-state index is 0.216. The summed E-state index contributed by atoms with van der Waals surface area (Å²) in [5.74, 6) is -0.310. The van der Waals surface area contributed by atoms with Crippen LogP contribution in [0, 0.1) is 0 Å². The van der Waals surface area contributed by atoms with Gasteiger partial charge in [0.15, 0.2) is 0 Å². The van der Waals surface area contributed by atoms with Gasteiger partial charge in [-0.2, -0.15) is 4.72 Å². The maximum absolute atomic E-state index is 12.0. The Morgan fingerprint density at radius 2 is 2.18 bits per heavy atom. The molecule has 0 spiro atoms. The van der Waals surface area contributed by atoms with Crippen LogP contribution < -0.4 is 15.4 Å². The molecule has 0 aliphatic carbocycles. The molecule has 0 aromatic carbocycles. The van der Waals surface area contributed by atoms with Crippen LogP contribution in [0.4, 0.5) is 0 Å². The molecule has 1 aromatic rings. The lowest BCUT2D eigenvalue weighted by molar-refractivity contribution is -0.122. The fraction of sp³-hybridized carbons (Fsp3) is 0.615. The lowest BCUT2D eigenvalue weighted by atomic mass is 10.3. The maximum Gasteiger partial charge on any atom is 0.250 e. The third-order valence-corrected chi connectivity index (χ3v) is 6.36. The highest BCUT2D eigenvalue weighted by Crippen LogP contribution is 2.15. The van der Waals surface area contributed by atoms with Crippen molar-refractivity contribution in [2.45, 2.75) is 17.2 Å². The number of carbonyl (C=O) groups excluding carboxylic acids is 1. The number of rotatable bonds is 7. The van der Waals surface area contributed by atoms with Gasteiger partial charge in [-0.25, -0.2) is 8.42 Å². The van der Waals surface area contributed by atoms with E-state index in [1.165, 1.54) is 6.07 Å². The van der Waals surface area contributed by atoms with Crippen LogP contribution in [0.25, 0.3) is 0 Å². The maximum atomic E-state index is 12.0. The van der Waals surface area contributed by atoms with Crippen LogP contribution >= 0.6 is 11.3 Å². The van der Waals surface area contributed by atoms with Crippen molar-refractivity contribution in [1.29, 1.82) is 0 Å². The summed E-state index contributed by atoms with van der Waals surface area (Å²) < 4.78 is 26.7. The molecule has 1 saturated heterocycles.